The molecular formula is C17H25FN2O2. The lowest BCUT2D eigenvalue weighted by molar-refractivity contribution is 0.136. The van der Waals surface area contributed by atoms with Crippen molar-refractivity contribution in [2.75, 3.05) is 26.2 Å². The molecule has 1 fully saturated rings. The lowest BCUT2D eigenvalue weighted by Gasteiger charge is -2.33. The Hall–Kier alpha value is -1.62. The smallest absolute Gasteiger partial charge is 0.317 e. The summed E-state index contributed by atoms with van der Waals surface area (Å²) in [7, 11) is 0. The highest BCUT2D eigenvalue weighted by Gasteiger charge is 2.25. The predicted molar refractivity (Wildman–Crippen MR) is 84.2 cm³/mol. The Morgan fingerprint density at radius 1 is 1.41 bits per heavy atom. The molecule has 0 spiro atoms. The molecule has 22 heavy (non-hydrogen) atoms. The quantitative estimate of drug-likeness (QED) is 0.898. The minimum atomic E-state index is -0.332. The molecule has 1 aromatic carbocycles. The van der Waals surface area contributed by atoms with Crippen molar-refractivity contribution in [3.05, 3.63) is 35.6 Å². The van der Waals surface area contributed by atoms with Crippen LogP contribution in [-0.2, 0) is 5.41 Å². The van der Waals surface area contributed by atoms with Gasteiger partial charge in [-0.15, -0.1) is 0 Å². The highest BCUT2D eigenvalue weighted by Crippen LogP contribution is 2.23. The minimum Gasteiger partial charge on any atom is -0.396 e. The van der Waals surface area contributed by atoms with Crippen molar-refractivity contribution in [2.24, 2.45) is 5.92 Å². The topological polar surface area (TPSA) is 52.6 Å². The molecule has 0 bridgehead atoms. The number of aliphatic hydroxyl groups excluding tert-OH is 1. The molecule has 0 atom stereocenters. The maximum atomic E-state index is 13.3. The first-order chi connectivity index (χ1) is 10.4. The summed E-state index contributed by atoms with van der Waals surface area (Å²) in [5.74, 6) is 0.0516. The van der Waals surface area contributed by atoms with Gasteiger partial charge in [-0.1, -0.05) is 26.0 Å². The Balaban J connectivity index is 1.87. The van der Waals surface area contributed by atoms with Crippen LogP contribution < -0.4 is 5.32 Å². The van der Waals surface area contributed by atoms with E-state index in [9.17, 15) is 9.18 Å². The molecule has 1 heterocycles. The van der Waals surface area contributed by atoms with Crippen LogP contribution in [0.2, 0.25) is 0 Å². The van der Waals surface area contributed by atoms with Crippen molar-refractivity contribution < 1.29 is 14.3 Å². The molecule has 1 aliphatic heterocycles. The fraction of sp³-hybridized carbons (Fsp3) is 0.588. The van der Waals surface area contributed by atoms with Crippen LogP contribution in [0.3, 0.4) is 0 Å². The van der Waals surface area contributed by atoms with Gasteiger partial charge in [0, 0.05) is 31.7 Å². The summed E-state index contributed by atoms with van der Waals surface area (Å²) in [6.45, 7) is 5.98. The van der Waals surface area contributed by atoms with Gasteiger partial charge in [-0.3, -0.25) is 0 Å². The second-order valence-electron chi connectivity index (χ2n) is 6.67. The second kappa shape index (κ2) is 7.09. The van der Waals surface area contributed by atoms with E-state index in [-0.39, 0.29) is 23.9 Å². The molecular weight excluding hydrogens is 283 g/mol. The second-order valence-corrected chi connectivity index (χ2v) is 6.67. The number of carbonyl (C=O) groups is 1. The van der Waals surface area contributed by atoms with Crippen LogP contribution in [0.5, 0.6) is 0 Å². The van der Waals surface area contributed by atoms with E-state index in [1.165, 1.54) is 12.1 Å². The predicted octanol–water partition coefficient (Wildman–Crippen LogP) is 2.52. The van der Waals surface area contributed by atoms with E-state index in [1.807, 2.05) is 19.9 Å². The first-order valence-corrected chi connectivity index (χ1v) is 7.82. The van der Waals surface area contributed by atoms with E-state index >= 15 is 0 Å². The van der Waals surface area contributed by atoms with Gasteiger partial charge < -0.3 is 15.3 Å². The number of urea groups is 1. The van der Waals surface area contributed by atoms with Gasteiger partial charge in [-0.05, 0) is 36.5 Å². The van der Waals surface area contributed by atoms with E-state index in [4.69, 9.17) is 5.11 Å². The lowest BCUT2D eigenvalue weighted by Crippen LogP contribution is -2.47. The number of halogens is 1. The summed E-state index contributed by atoms with van der Waals surface area (Å²) >= 11 is 0. The molecule has 2 amide bonds. The molecule has 2 N–H and O–H groups in total. The molecule has 0 saturated carbocycles. The highest BCUT2D eigenvalue weighted by molar-refractivity contribution is 5.74. The van der Waals surface area contributed by atoms with Gasteiger partial charge in [-0.25, -0.2) is 9.18 Å². The zero-order valence-corrected chi connectivity index (χ0v) is 13.3. The zero-order valence-electron chi connectivity index (χ0n) is 13.3. The van der Waals surface area contributed by atoms with E-state index < -0.39 is 0 Å². The molecule has 1 saturated heterocycles. The summed E-state index contributed by atoms with van der Waals surface area (Å²) in [4.78, 5) is 14.0. The van der Waals surface area contributed by atoms with Crippen molar-refractivity contribution in [1.82, 2.24) is 10.2 Å². The number of benzene rings is 1. The summed E-state index contributed by atoms with van der Waals surface area (Å²) < 4.78 is 13.3. The van der Waals surface area contributed by atoms with Crippen molar-refractivity contribution in [2.45, 2.75) is 32.1 Å². The Morgan fingerprint density at radius 2 is 2.09 bits per heavy atom. The van der Waals surface area contributed by atoms with E-state index in [0.717, 1.165) is 18.4 Å². The van der Waals surface area contributed by atoms with Crippen LogP contribution in [0.1, 0.15) is 32.3 Å². The Morgan fingerprint density at radius 3 is 2.68 bits per heavy atom. The molecule has 122 valence electrons. The first kappa shape index (κ1) is 16.7. The van der Waals surface area contributed by atoms with Crippen LogP contribution in [0, 0.1) is 11.7 Å². The minimum absolute atomic E-state index is 0.0825. The van der Waals surface area contributed by atoms with Crippen molar-refractivity contribution in [1.29, 1.82) is 0 Å². The van der Waals surface area contributed by atoms with E-state index in [0.29, 0.717) is 25.6 Å². The number of hydrogen-bond acceptors (Lipinski definition) is 2. The average molecular weight is 308 g/mol. The van der Waals surface area contributed by atoms with E-state index in [2.05, 4.69) is 5.32 Å². The van der Waals surface area contributed by atoms with Gasteiger partial charge in [-0.2, -0.15) is 0 Å². The zero-order chi connectivity index (χ0) is 16.2. The van der Waals surface area contributed by atoms with E-state index in [1.54, 1.807) is 11.0 Å². The number of hydrogen-bond donors (Lipinski definition) is 2. The molecule has 1 aromatic rings. The Bertz CT molecular complexity index is 511. The normalized spacial score (nSPS) is 16.6. The molecule has 5 heteroatoms. The molecule has 4 nitrogen and oxygen atoms in total. The van der Waals surface area contributed by atoms with Gasteiger partial charge in [0.2, 0.25) is 0 Å². The Labute approximate surface area is 131 Å². The number of nitrogens with zero attached hydrogens (tertiary/aromatic N) is 1. The third-order valence-electron chi connectivity index (χ3n) is 4.45. The monoisotopic (exact) mass is 308 g/mol. The fourth-order valence-electron chi connectivity index (χ4n) is 2.74. The van der Waals surface area contributed by atoms with Crippen molar-refractivity contribution in [3.8, 4) is 0 Å². The number of amides is 2. The summed E-state index contributed by atoms with van der Waals surface area (Å²) in [5.41, 5.74) is 0.535. The number of aliphatic hydroxyl groups is 1. The van der Waals surface area contributed by atoms with Crippen LogP contribution in [0.4, 0.5) is 9.18 Å². The van der Waals surface area contributed by atoms with Gasteiger partial charge in [0.15, 0.2) is 0 Å². The molecule has 1 aliphatic rings. The summed E-state index contributed by atoms with van der Waals surface area (Å²) in [6, 6.07) is 6.42. The van der Waals surface area contributed by atoms with Crippen molar-refractivity contribution >= 4 is 6.03 Å². The first-order valence-electron chi connectivity index (χ1n) is 7.82. The van der Waals surface area contributed by atoms with Crippen LogP contribution in [0.25, 0.3) is 0 Å². The number of piperidine rings is 1. The largest absolute Gasteiger partial charge is 0.396 e. The maximum Gasteiger partial charge on any atom is 0.317 e. The molecule has 2 rings (SSSR count). The average Bonchev–Trinajstić information content (AvgIpc) is 2.53. The molecule has 0 aromatic heterocycles. The maximum absolute atomic E-state index is 13.3. The number of nitrogens with one attached hydrogen (secondary N) is 1. The number of carbonyl (C=O) groups excluding carboxylic acids is 1. The van der Waals surface area contributed by atoms with Crippen molar-refractivity contribution in [3.63, 3.8) is 0 Å². The van der Waals surface area contributed by atoms with Crippen LogP contribution in [0.15, 0.2) is 24.3 Å². The lowest BCUT2D eigenvalue weighted by atomic mass is 9.84. The SMILES string of the molecule is CC(C)(CNC(=O)N1CCC(CO)CC1)c1cccc(F)c1. The summed E-state index contributed by atoms with van der Waals surface area (Å²) in [5, 5.41) is 12.1. The number of likely N-dealkylation sites (tertiary alicyclic amines) is 1. The summed E-state index contributed by atoms with van der Waals surface area (Å²) in [6.07, 6.45) is 1.69. The van der Waals surface area contributed by atoms with Gasteiger partial charge >= 0.3 is 6.03 Å². The molecule has 0 unspecified atom stereocenters. The van der Waals surface area contributed by atoms with Gasteiger partial charge in [0.1, 0.15) is 5.82 Å². The molecule has 0 radical (unpaired) electrons. The highest BCUT2D eigenvalue weighted by atomic mass is 19.1. The number of rotatable bonds is 4. The van der Waals surface area contributed by atoms with Gasteiger partial charge in [0.25, 0.3) is 0 Å². The van der Waals surface area contributed by atoms with Gasteiger partial charge in [0.05, 0.1) is 0 Å². The fourth-order valence-corrected chi connectivity index (χ4v) is 2.74. The molecule has 0 aliphatic carbocycles. The third-order valence-corrected chi connectivity index (χ3v) is 4.45. The third kappa shape index (κ3) is 4.19. The standard InChI is InChI=1S/C17H25FN2O2/c1-17(2,14-4-3-5-15(18)10-14)12-19-16(22)20-8-6-13(11-21)7-9-20/h3-5,10,13,21H,6-9,11-12H2,1-2H3,(H,19,22). The van der Waals surface area contributed by atoms with Crippen LogP contribution in [-0.4, -0.2) is 42.3 Å². The van der Waals surface area contributed by atoms with Crippen LogP contribution >= 0.6 is 0 Å². The Kier molecular flexibility index (Phi) is 5.40.